The van der Waals surface area contributed by atoms with Gasteiger partial charge in [-0.25, -0.2) is 0 Å². The van der Waals surface area contributed by atoms with Crippen molar-refractivity contribution in [2.75, 3.05) is 12.4 Å². The Morgan fingerprint density at radius 1 is 1.32 bits per heavy atom. The topological polar surface area (TPSA) is 93.5 Å². The van der Waals surface area contributed by atoms with Gasteiger partial charge in [-0.2, -0.15) is 0 Å². The first-order chi connectivity index (χ1) is 11.8. The minimum atomic E-state index is -0.627. The molecule has 25 heavy (non-hydrogen) atoms. The fourth-order valence-electron chi connectivity index (χ4n) is 1.89. The number of benzene rings is 2. The maximum atomic E-state index is 12.2. The first kappa shape index (κ1) is 19.3. The lowest BCUT2D eigenvalue weighted by atomic mass is 10.2. The lowest BCUT2D eigenvalue weighted by molar-refractivity contribution is -0.385. The summed E-state index contributed by atoms with van der Waals surface area (Å²) in [4.78, 5) is 22.6. The molecule has 10 heteroatoms. The third-order valence-corrected chi connectivity index (χ3v) is 4.23. The van der Waals surface area contributed by atoms with Crippen molar-refractivity contribution < 1.29 is 14.5 Å². The summed E-state index contributed by atoms with van der Waals surface area (Å²) in [5.41, 5.74) is 0.299. The lowest BCUT2D eigenvalue weighted by Crippen LogP contribution is -2.34. The second kappa shape index (κ2) is 8.41. The third-order valence-electron chi connectivity index (χ3n) is 3.04. The van der Waals surface area contributed by atoms with E-state index < -0.39 is 10.8 Å². The molecule has 0 aliphatic heterocycles. The first-order valence-electron chi connectivity index (χ1n) is 6.71. The van der Waals surface area contributed by atoms with Gasteiger partial charge in [0.1, 0.15) is 0 Å². The molecule has 130 valence electrons. The molecule has 0 aliphatic rings. The Morgan fingerprint density at radius 2 is 2.04 bits per heavy atom. The van der Waals surface area contributed by atoms with Crippen LogP contribution in [-0.4, -0.2) is 23.1 Å². The van der Waals surface area contributed by atoms with E-state index in [9.17, 15) is 14.9 Å². The number of ether oxygens (including phenoxy) is 1. The van der Waals surface area contributed by atoms with Gasteiger partial charge in [-0.3, -0.25) is 20.2 Å². The van der Waals surface area contributed by atoms with E-state index in [1.54, 1.807) is 12.1 Å². The van der Waals surface area contributed by atoms with E-state index in [1.165, 1.54) is 19.2 Å². The molecule has 2 aromatic carbocycles. The van der Waals surface area contributed by atoms with Gasteiger partial charge in [0.25, 0.3) is 5.91 Å². The van der Waals surface area contributed by atoms with Gasteiger partial charge in [-0.15, -0.1) is 0 Å². The van der Waals surface area contributed by atoms with Gasteiger partial charge in [-0.05, 0) is 65.1 Å². The first-order valence-corrected chi connectivity index (χ1v) is 8.58. The second-order valence-corrected chi connectivity index (χ2v) is 6.74. The SMILES string of the molecule is COc1ccc(C(=O)NC(=S)Nc2ccc(I)cc2Cl)cc1[N+](=O)[O-]. The summed E-state index contributed by atoms with van der Waals surface area (Å²) in [6.45, 7) is 0. The molecule has 2 N–H and O–H groups in total. The number of rotatable bonds is 4. The zero-order chi connectivity index (χ0) is 18.6. The summed E-state index contributed by atoms with van der Waals surface area (Å²) in [5, 5.41) is 16.7. The van der Waals surface area contributed by atoms with Gasteiger partial charge in [0.2, 0.25) is 0 Å². The zero-order valence-electron chi connectivity index (χ0n) is 12.7. The van der Waals surface area contributed by atoms with Gasteiger partial charge in [0, 0.05) is 15.2 Å². The maximum absolute atomic E-state index is 12.2. The molecule has 0 aromatic heterocycles. The van der Waals surface area contributed by atoms with E-state index in [-0.39, 0.29) is 22.1 Å². The number of nitrogens with zero attached hydrogens (tertiary/aromatic N) is 1. The molecule has 0 bridgehead atoms. The van der Waals surface area contributed by atoms with Crippen molar-refractivity contribution in [3.63, 3.8) is 0 Å². The van der Waals surface area contributed by atoms with Gasteiger partial charge in [0.15, 0.2) is 10.9 Å². The summed E-state index contributed by atoms with van der Waals surface area (Å²) >= 11 is 13.3. The summed E-state index contributed by atoms with van der Waals surface area (Å²) in [7, 11) is 1.31. The van der Waals surface area contributed by atoms with E-state index in [4.69, 9.17) is 28.6 Å². The molecule has 0 spiro atoms. The van der Waals surface area contributed by atoms with E-state index in [0.29, 0.717) is 10.7 Å². The molecular formula is C15H11ClIN3O4S. The molecule has 0 fully saturated rings. The molecule has 7 nitrogen and oxygen atoms in total. The highest BCUT2D eigenvalue weighted by atomic mass is 127. The third kappa shape index (κ3) is 5.00. The van der Waals surface area contributed by atoms with Crippen molar-refractivity contribution in [2.24, 2.45) is 0 Å². The fraction of sp³-hybridized carbons (Fsp3) is 0.0667. The van der Waals surface area contributed by atoms with Crippen LogP contribution in [0.25, 0.3) is 0 Å². The van der Waals surface area contributed by atoms with Crippen molar-refractivity contribution in [3.05, 3.63) is 60.7 Å². The Kier molecular flexibility index (Phi) is 6.51. The minimum absolute atomic E-state index is 0.0200. The molecule has 2 rings (SSSR count). The van der Waals surface area contributed by atoms with Crippen LogP contribution in [0.1, 0.15) is 10.4 Å². The molecule has 0 saturated heterocycles. The quantitative estimate of drug-likeness (QED) is 0.291. The number of nitrogens with one attached hydrogen (secondary N) is 2. The Bertz CT molecular complexity index is 863. The van der Waals surface area contributed by atoms with Crippen LogP contribution < -0.4 is 15.4 Å². The average Bonchev–Trinajstić information content (AvgIpc) is 2.56. The van der Waals surface area contributed by atoms with Crippen LogP contribution in [-0.2, 0) is 0 Å². The average molecular weight is 492 g/mol. The molecule has 0 saturated carbocycles. The Hall–Kier alpha value is -1.98. The number of halogens is 2. The largest absolute Gasteiger partial charge is 0.490 e. The fourth-order valence-corrected chi connectivity index (χ4v) is 3.00. The predicted molar refractivity (Wildman–Crippen MR) is 108 cm³/mol. The monoisotopic (exact) mass is 491 g/mol. The highest BCUT2D eigenvalue weighted by Gasteiger charge is 2.18. The highest BCUT2D eigenvalue weighted by molar-refractivity contribution is 14.1. The Morgan fingerprint density at radius 3 is 2.64 bits per heavy atom. The molecule has 0 unspecified atom stereocenters. The van der Waals surface area contributed by atoms with Gasteiger partial charge in [-0.1, -0.05) is 11.6 Å². The number of hydrogen-bond donors (Lipinski definition) is 2. The van der Waals surface area contributed by atoms with Crippen molar-refractivity contribution >= 4 is 68.8 Å². The molecule has 2 aromatic rings. The normalized spacial score (nSPS) is 10.0. The van der Waals surface area contributed by atoms with E-state index in [1.807, 2.05) is 6.07 Å². The van der Waals surface area contributed by atoms with Crippen molar-refractivity contribution in [1.29, 1.82) is 0 Å². The van der Waals surface area contributed by atoms with Crippen LogP contribution in [0, 0.1) is 13.7 Å². The number of thiocarbonyl (C=S) groups is 1. The number of methoxy groups -OCH3 is 1. The Labute approximate surface area is 167 Å². The maximum Gasteiger partial charge on any atom is 0.311 e. The number of nitro benzene ring substituents is 1. The number of anilines is 1. The van der Waals surface area contributed by atoms with Gasteiger partial charge in [0.05, 0.1) is 22.7 Å². The molecular weight excluding hydrogens is 481 g/mol. The van der Waals surface area contributed by atoms with Crippen molar-refractivity contribution in [2.45, 2.75) is 0 Å². The molecule has 0 radical (unpaired) electrons. The van der Waals surface area contributed by atoms with Crippen LogP contribution in [0.15, 0.2) is 36.4 Å². The number of amides is 1. The van der Waals surface area contributed by atoms with Crippen LogP contribution in [0.5, 0.6) is 5.75 Å². The number of carbonyl (C=O) groups excluding carboxylic acids is 1. The Balaban J connectivity index is 2.12. The molecule has 0 heterocycles. The van der Waals surface area contributed by atoms with Crippen LogP contribution in [0.3, 0.4) is 0 Å². The van der Waals surface area contributed by atoms with Crippen LogP contribution in [0.4, 0.5) is 11.4 Å². The van der Waals surface area contributed by atoms with Crippen LogP contribution >= 0.6 is 46.4 Å². The highest BCUT2D eigenvalue weighted by Crippen LogP contribution is 2.27. The molecule has 0 atom stereocenters. The van der Waals surface area contributed by atoms with Crippen molar-refractivity contribution in [1.82, 2.24) is 5.32 Å². The lowest BCUT2D eigenvalue weighted by Gasteiger charge is -2.11. The summed E-state index contributed by atoms with van der Waals surface area (Å²) in [5.74, 6) is -0.530. The predicted octanol–water partition coefficient (Wildman–Crippen LogP) is 3.99. The van der Waals surface area contributed by atoms with Gasteiger partial charge >= 0.3 is 5.69 Å². The number of hydrogen-bond acceptors (Lipinski definition) is 5. The smallest absolute Gasteiger partial charge is 0.311 e. The summed E-state index contributed by atoms with van der Waals surface area (Å²) in [6, 6.07) is 9.16. The standard InChI is InChI=1S/C15H11ClIN3O4S/c1-24-13-5-2-8(6-12(13)20(22)23)14(21)19-15(25)18-11-4-3-9(17)7-10(11)16/h2-7H,1H3,(H2,18,19,21,25). The number of nitro groups is 1. The zero-order valence-corrected chi connectivity index (χ0v) is 16.4. The van der Waals surface area contributed by atoms with Gasteiger partial charge < -0.3 is 10.1 Å². The van der Waals surface area contributed by atoms with E-state index in [0.717, 1.165) is 9.64 Å². The number of carbonyl (C=O) groups is 1. The summed E-state index contributed by atoms with van der Waals surface area (Å²) in [6.07, 6.45) is 0. The van der Waals surface area contributed by atoms with Crippen LogP contribution in [0.2, 0.25) is 5.02 Å². The van der Waals surface area contributed by atoms with E-state index in [2.05, 4.69) is 33.2 Å². The minimum Gasteiger partial charge on any atom is -0.490 e. The summed E-state index contributed by atoms with van der Waals surface area (Å²) < 4.78 is 5.85. The second-order valence-electron chi connectivity index (χ2n) is 4.68. The van der Waals surface area contributed by atoms with E-state index >= 15 is 0 Å². The molecule has 1 amide bonds. The molecule has 0 aliphatic carbocycles. The van der Waals surface area contributed by atoms with Crippen molar-refractivity contribution in [3.8, 4) is 5.75 Å².